The van der Waals surface area contributed by atoms with Gasteiger partial charge in [-0.15, -0.1) is 0 Å². The van der Waals surface area contributed by atoms with Crippen LogP contribution in [0.5, 0.6) is 0 Å². The Hall–Kier alpha value is -5.62. The summed E-state index contributed by atoms with van der Waals surface area (Å²) in [5.41, 5.74) is 7.78. The van der Waals surface area contributed by atoms with Crippen molar-refractivity contribution in [2.24, 2.45) is 4.99 Å². The first-order chi connectivity index (χ1) is 22.3. The molecule has 0 bridgehead atoms. The van der Waals surface area contributed by atoms with E-state index in [0.717, 1.165) is 86.9 Å². The summed E-state index contributed by atoms with van der Waals surface area (Å²) in [5, 5.41) is 11.8. The zero-order valence-electron chi connectivity index (χ0n) is 25.7. The van der Waals surface area contributed by atoms with Crippen molar-refractivity contribution >= 4 is 81.3 Å². The Morgan fingerprint density at radius 2 is 1.11 bits per heavy atom. The molecule has 218 valence electrons. The van der Waals surface area contributed by atoms with Gasteiger partial charge in [0.1, 0.15) is 11.1 Å². The molecule has 0 saturated heterocycles. The largest absolute Gasteiger partial charge is 0.283 e. The van der Waals surface area contributed by atoms with E-state index >= 15 is 0 Å². The summed E-state index contributed by atoms with van der Waals surface area (Å²) in [6, 6.07) is 20.8. The van der Waals surface area contributed by atoms with Gasteiger partial charge >= 0.3 is 0 Å². The number of pyridine rings is 2. The summed E-state index contributed by atoms with van der Waals surface area (Å²) in [4.78, 5) is 38.6. The lowest BCUT2D eigenvalue weighted by molar-refractivity contribution is 0.570. The van der Waals surface area contributed by atoms with Crippen LogP contribution in [0.1, 0.15) is 31.0 Å². The minimum Gasteiger partial charge on any atom is -0.283 e. The smallest absolute Gasteiger partial charge is 0.264 e. The number of hydrogen-bond acceptors (Lipinski definition) is 4. The number of benzene rings is 6. The highest BCUT2D eigenvalue weighted by Crippen LogP contribution is 2.45. The molecule has 6 heteroatoms. The molecule has 2 atom stereocenters. The van der Waals surface area contributed by atoms with E-state index in [-0.39, 0.29) is 23.2 Å². The van der Waals surface area contributed by atoms with Crippen LogP contribution in [0.2, 0.25) is 0 Å². The number of fused-ring (bicyclic) bond motifs is 10. The predicted molar refractivity (Wildman–Crippen MR) is 187 cm³/mol. The van der Waals surface area contributed by atoms with Crippen molar-refractivity contribution in [3.8, 4) is 0 Å². The van der Waals surface area contributed by atoms with Crippen LogP contribution in [-0.2, 0) is 0 Å². The van der Waals surface area contributed by atoms with Crippen molar-refractivity contribution < 1.29 is 0 Å². The maximum Gasteiger partial charge on any atom is 0.264 e. The molecule has 0 radical (unpaired) electrons. The molecule has 6 aromatic carbocycles. The maximum absolute atomic E-state index is 14.2. The van der Waals surface area contributed by atoms with Crippen LogP contribution in [0.4, 0.5) is 0 Å². The number of imidazole rings is 1. The summed E-state index contributed by atoms with van der Waals surface area (Å²) in [7, 11) is 0. The van der Waals surface area contributed by atoms with Crippen molar-refractivity contribution in [2.45, 2.75) is 39.8 Å². The van der Waals surface area contributed by atoms with Crippen LogP contribution < -0.4 is 16.6 Å². The Bertz CT molecular complexity index is 3160. The quantitative estimate of drug-likeness (QED) is 0.134. The zero-order chi connectivity index (χ0) is 30.9. The number of aromatic nitrogens is 3. The third kappa shape index (κ3) is 2.65. The van der Waals surface area contributed by atoms with Gasteiger partial charge in [0.2, 0.25) is 0 Å². The summed E-state index contributed by atoms with van der Waals surface area (Å²) < 4.78 is 3.69. The fraction of sp³-hybridized carbons (Fsp3) is 0.150. The van der Waals surface area contributed by atoms with E-state index in [1.807, 2.05) is 16.7 Å². The van der Waals surface area contributed by atoms with E-state index in [2.05, 4.69) is 88.4 Å². The minimum absolute atomic E-state index is 0.00506. The van der Waals surface area contributed by atoms with Gasteiger partial charge in [0.05, 0.1) is 23.1 Å². The van der Waals surface area contributed by atoms with Crippen LogP contribution in [0.25, 0.3) is 81.3 Å². The molecule has 1 aliphatic carbocycles. The number of allylic oxidation sites excluding steroid dienone is 2. The zero-order valence-corrected chi connectivity index (χ0v) is 25.7. The molecule has 46 heavy (non-hydrogen) atoms. The molecule has 0 amide bonds. The standard InChI is InChI=1S/C40H26N4O2/c1-17-13-29-31(15-19(17)3)43-37(41-29)25-9-5-21-22-6-10-26-36-28(40(46)44-32-16-20(4)18(2)14-30(32)42-38(26)44)12-8-24(34(22)36)23-7-11-27(39(43)45)35(25)33(21)23/h5-16,29,31H,1-4H3. The molecule has 2 aliphatic rings. The lowest BCUT2D eigenvalue weighted by Gasteiger charge is -2.22. The van der Waals surface area contributed by atoms with E-state index in [0.29, 0.717) is 11.0 Å². The molecule has 0 saturated carbocycles. The Morgan fingerprint density at radius 3 is 1.80 bits per heavy atom. The van der Waals surface area contributed by atoms with Gasteiger partial charge in [-0.05, 0) is 108 Å². The minimum atomic E-state index is -0.104. The predicted octanol–water partition coefficient (Wildman–Crippen LogP) is 7.59. The van der Waals surface area contributed by atoms with Gasteiger partial charge < -0.3 is 0 Å². The van der Waals surface area contributed by atoms with Crippen LogP contribution >= 0.6 is 0 Å². The second kappa shape index (κ2) is 7.77. The molecular formula is C40H26N4O2. The van der Waals surface area contributed by atoms with Gasteiger partial charge in [-0.2, -0.15) is 0 Å². The summed E-state index contributed by atoms with van der Waals surface area (Å²) in [6.07, 6.45) is 4.38. The fourth-order valence-electron chi connectivity index (χ4n) is 8.68. The summed E-state index contributed by atoms with van der Waals surface area (Å²) in [6.45, 7) is 8.37. The molecule has 4 heterocycles. The number of nitrogens with zero attached hydrogens (tertiary/aromatic N) is 4. The van der Waals surface area contributed by atoms with Gasteiger partial charge in [-0.3, -0.25) is 23.5 Å². The second-order valence-electron chi connectivity index (χ2n) is 13.5. The van der Waals surface area contributed by atoms with Crippen molar-refractivity contribution in [2.75, 3.05) is 0 Å². The van der Waals surface area contributed by atoms with Crippen molar-refractivity contribution in [3.63, 3.8) is 0 Å². The molecular weight excluding hydrogens is 568 g/mol. The lowest BCUT2D eigenvalue weighted by atomic mass is 9.86. The Morgan fingerprint density at radius 1 is 0.587 bits per heavy atom. The van der Waals surface area contributed by atoms with Gasteiger partial charge in [-0.1, -0.05) is 47.6 Å². The van der Waals surface area contributed by atoms with Crippen molar-refractivity contribution in [1.29, 1.82) is 0 Å². The summed E-state index contributed by atoms with van der Waals surface area (Å²) in [5.74, 6) is 0. The fourth-order valence-corrected chi connectivity index (χ4v) is 8.68. The lowest BCUT2D eigenvalue weighted by Crippen LogP contribution is -2.34. The third-order valence-corrected chi connectivity index (χ3v) is 11.1. The van der Waals surface area contributed by atoms with Crippen LogP contribution in [-0.4, -0.2) is 20.0 Å². The molecule has 0 fully saturated rings. The van der Waals surface area contributed by atoms with Gasteiger partial charge in [0.25, 0.3) is 11.1 Å². The monoisotopic (exact) mass is 594 g/mol. The first-order valence-electron chi connectivity index (χ1n) is 15.8. The number of rotatable bonds is 0. The molecule has 1 aliphatic heterocycles. The molecule has 0 N–H and O–H groups in total. The molecule has 3 aromatic heterocycles. The Labute approximate surface area is 260 Å². The van der Waals surface area contributed by atoms with Crippen LogP contribution in [0, 0.1) is 13.8 Å². The van der Waals surface area contributed by atoms with Gasteiger partial charge in [0, 0.05) is 32.3 Å². The molecule has 11 rings (SSSR count). The molecule has 2 unspecified atom stereocenters. The summed E-state index contributed by atoms with van der Waals surface area (Å²) >= 11 is 0. The number of aryl methyl sites for hydroxylation is 2. The molecule has 6 nitrogen and oxygen atoms in total. The number of hydrogen-bond donors (Lipinski definition) is 0. The SMILES string of the molecule is CC1=CC2N=c3c4ccc5c6ccc7c8c(ccc(c9ccc(c(=O)n3C2C=C1C)c4c95)c68)c(=O)n1c2cc(C)c(C)cc2nc71. The van der Waals surface area contributed by atoms with E-state index in [9.17, 15) is 9.59 Å². The van der Waals surface area contributed by atoms with E-state index in [1.54, 1.807) is 4.40 Å². The van der Waals surface area contributed by atoms with E-state index < -0.39 is 0 Å². The second-order valence-corrected chi connectivity index (χ2v) is 13.5. The first-order valence-corrected chi connectivity index (χ1v) is 15.8. The molecule has 9 aromatic rings. The average Bonchev–Trinajstić information content (AvgIpc) is 3.60. The third-order valence-electron chi connectivity index (χ3n) is 11.1. The van der Waals surface area contributed by atoms with E-state index in [4.69, 9.17) is 9.98 Å². The molecule has 0 spiro atoms. The van der Waals surface area contributed by atoms with Crippen molar-refractivity contribution in [1.82, 2.24) is 14.0 Å². The average molecular weight is 595 g/mol. The first kappa shape index (κ1) is 24.7. The highest BCUT2D eigenvalue weighted by atomic mass is 16.1. The normalized spacial score (nSPS) is 18.2. The Balaban J connectivity index is 1.32. The highest BCUT2D eigenvalue weighted by molar-refractivity contribution is 6.40. The topological polar surface area (TPSA) is 68.7 Å². The maximum atomic E-state index is 14.2. The van der Waals surface area contributed by atoms with Gasteiger partial charge in [-0.25, -0.2) is 4.98 Å². The van der Waals surface area contributed by atoms with Gasteiger partial charge in [0.15, 0.2) is 0 Å². The van der Waals surface area contributed by atoms with Crippen LogP contribution in [0.15, 0.2) is 98.5 Å². The Kier molecular flexibility index (Phi) is 4.17. The van der Waals surface area contributed by atoms with Crippen molar-refractivity contribution in [3.05, 3.63) is 121 Å². The van der Waals surface area contributed by atoms with Crippen LogP contribution in [0.3, 0.4) is 0 Å². The highest BCUT2D eigenvalue weighted by Gasteiger charge is 2.32. The van der Waals surface area contributed by atoms with E-state index in [1.165, 1.54) is 11.1 Å².